The van der Waals surface area contributed by atoms with Crippen molar-refractivity contribution in [2.45, 2.75) is 52.3 Å². The van der Waals surface area contributed by atoms with Crippen molar-refractivity contribution in [3.63, 3.8) is 0 Å². The lowest BCUT2D eigenvalue weighted by atomic mass is 10.1. The number of nitro groups is 2. The molecule has 0 aliphatic heterocycles. The molecular weight excluding hydrogens is 534 g/mol. The third-order valence-electron chi connectivity index (χ3n) is 4.06. The zero-order valence-corrected chi connectivity index (χ0v) is 20.0. The Morgan fingerprint density at radius 2 is 1.21 bits per heavy atom. The number of nitrogens with zero attached hydrogens (tertiary/aromatic N) is 3. The van der Waals surface area contributed by atoms with E-state index >= 15 is 0 Å². The maximum Gasteiger partial charge on any atom is 0.420 e. The molecule has 208 valence electrons. The lowest BCUT2D eigenvalue weighted by Gasteiger charge is -2.17. The van der Waals surface area contributed by atoms with Gasteiger partial charge in [0.15, 0.2) is 11.5 Å². The fourth-order valence-electron chi connectivity index (χ4n) is 2.73. The van der Waals surface area contributed by atoms with Crippen LogP contribution in [0, 0.1) is 20.2 Å². The molecule has 0 unspecified atom stereocenters. The van der Waals surface area contributed by atoms with E-state index in [-0.39, 0.29) is 0 Å². The molecule has 0 aliphatic carbocycles. The SMILES string of the molecule is CC(C)Oc1c(N)cc([N+](=O)[O-])cc1C(F)(F)F.CC(C)Oc1c(N=C=O)cc([N+](=O)[O-])cc1C(F)(F)F. The highest BCUT2D eigenvalue weighted by atomic mass is 19.4. The number of ether oxygens (including phenoxy) is 2. The standard InChI is InChI=1S/C11H9F3N2O4.C10H11F3N2O3/c1-6(2)20-10-8(11(12,13)14)3-7(16(18)19)4-9(10)15-5-17;1-5(2)18-9-7(10(11,12)13)3-6(15(16)17)4-8(9)14/h3-4,6H,1-2H3;3-5H,14H2,1-2H3. The zero-order chi connectivity index (χ0) is 29.6. The highest BCUT2D eigenvalue weighted by molar-refractivity contribution is 5.66. The minimum atomic E-state index is -4.89. The molecule has 0 amide bonds. The Bertz CT molecular complexity index is 1240. The van der Waals surface area contributed by atoms with Gasteiger partial charge in [0.2, 0.25) is 6.08 Å². The number of nitrogens with two attached hydrogens (primary N) is 1. The molecule has 38 heavy (non-hydrogen) atoms. The van der Waals surface area contributed by atoms with Gasteiger partial charge in [0.1, 0.15) is 16.8 Å². The number of carbonyl (C=O) groups excluding carboxylic acids is 1. The minimum Gasteiger partial charge on any atom is -0.488 e. The van der Waals surface area contributed by atoms with Gasteiger partial charge >= 0.3 is 12.4 Å². The normalized spacial score (nSPS) is 11.4. The lowest BCUT2D eigenvalue weighted by molar-refractivity contribution is -0.385. The third kappa shape index (κ3) is 8.62. The Morgan fingerprint density at radius 1 is 0.816 bits per heavy atom. The van der Waals surface area contributed by atoms with Gasteiger partial charge < -0.3 is 15.2 Å². The summed E-state index contributed by atoms with van der Waals surface area (Å²) >= 11 is 0. The van der Waals surface area contributed by atoms with Gasteiger partial charge in [-0.05, 0) is 27.7 Å². The molecule has 0 saturated carbocycles. The minimum absolute atomic E-state index is 0.335. The average molecular weight is 554 g/mol. The van der Waals surface area contributed by atoms with E-state index < -0.39 is 79.8 Å². The number of benzene rings is 2. The molecule has 2 aromatic carbocycles. The monoisotopic (exact) mass is 554 g/mol. The summed E-state index contributed by atoms with van der Waals surface area (Å²) in [7, 11) is 0. The maximum atomic E-state index is 12.9. The molecule has 0 fully saturated rings. The number of halogens is 6. The largest absolute Gasteiger partial charge is 0.488 e. The third-order valence-corrected chi connectivity index (χ3v) is 4.06. The first-order chi connectivity index (χ1) is 17.3. The highest BCUT2D eigenvalue weighted by Gasteiger charge is 2.39. The number of anilines is 1. The molecule has 11 nitrogen and oxygen atoms in total. The van der Waals surface area contributed by atoms with Crippen LogP contribution in [0.15, 0.2) is 29.3 Å². The van der Waals surface area contributed by atoms with Crippen LogP contribution in [0.4, 0.5) is 49.1 Å². The van der Waals surface area contributed by atoms with Crippen molar-refractivity contribution in [3.05, 3.63) is 55.6 Å². The van der Waals surface area contributed by atoms with E-state index in [1.54, 1.807) is 0 Å². The topological polar surface area (TPSA) is 160 Å². The second-order valence-corrected chi connectivity index (χ2v) is 7.80. The van der Waals surface area contributed by atoms with Gasteiger partial charge in [-0.15, -0.1) is 0 Å². The van der Waals surface area contributed by atoms with E-state index in [0.717, 1.165) is 18.2 Å². The number of hydrogen-bond donors (Lipinski definition) is 1. The summed E-state index contributed by atoms with van der Waals surface area (Å²) in [5.41, 5.74) is 0.191. The Labute approximate surface area is 210 Å². The summed E-state index contributed by atoms with van der Waals surface area (Å²) in [5.74, 6) is -1.32. The smallest absolute Gasteiger partial charge is 0.420 e. The van der Waals surface area contributed by atoms with E-state index in [4.69, 9.17) is 15.2 Å². The Morgan fingerprint density at radius 3 is 1.58 bits per heavy atom. The van der Waals surface area contributed by atoms with Crippen LogP contribution >= 0.6 is 0 Å². The first-order valence-electron chi connectivity index (χ1n) is 10.2. The molecule has 2 N–H and O–H groups in total. The zero-order valence-electron chi connectivity index (χ0n) is 20.0. The van der Waals surface area contributed by atoms with Crippen molar-refractivity contribution in [3.8, 4) is 11.5 Å². The lowest BCUT2D eigenvalue weighted by Crippen LogP contribution is -2.15. The maximum absolute atomic E-state index is 12.9. The predicted molar refractivity (Wildman–Crippen MR) is 120 cm³/mol. The van der Waals surface area contributed by atoms with Crippen molar-refractivity contribution in [2.24, 2.45) is 4.99 Å². The molecule has 0 heterocycles. The van der Waals surface area contributed by atoms with Gasteiger partial charge in [-0.25, -0.2) is 4.79 Å². The number of rotatable bonds is 7. The number of aliphatic imine (C=N–C) groups is 1. The van der Waals surface area contributed by atoms with Crippen LogP contribution in [-0.4, -0.2) is 28.1 Å². The first kappa shape index (κ1) is 31.6. The van der Waals surface area contributed by atoms with E-state index in [2.05, 4.69) is 4.99 Å². The van der Waals surface area contributed by atoms with Crippen LogP contribution in [0.5, 0.6) is 11.5 Å². The van der Waals surface area contributed by atoms with Crippen LogP contribution in [0.2, 0.25) is 0 Å². The summed E-state index contributed by atoms with van der Waals surface area (Å²) in [6.45, 7) is 5.99. The summed E-state index contributed by atoms with van der Waals surface area (Å²) < 4.78 is 87.0. The van der Waals surface area contributed by atoms with E-state index in [0.29, 0.717) is 12.1 Å². The van der Waals surface area contributed by atoms with Crippen molar-refractivity contribution in [1.29, 1.82) is 0 Å². The molecule has 0 aromatic heterocycles. The van der Waals surface area contributed by atoms with Gasteiger partial charge in [-0.1, -0.05) is 0 Å². The van der Waals surface area contributed by atoms with Crippen LogP contribution in [0.3, 0.4) is 0 Å². The van der Waals surface area contributed by atoms with Gasteiger partial charge in [0.05, 0.1) is 27.7 Å². The summed E-state index contributed by atoms with van der Waals surface area (Å²) in [6, 6.07) is 2.31. The second kappa shape index (κ2) is 12.2. The van der Waals surface area contributed by atoms with E-state index in [1.807, 2.05) is 0 Å². The molecule has 0 bridgehead atoms. The van der Waals surface area contributed by atoms with Crippen LogP contribution in [0.1, 0.15) is 38.8 Å². The number of hydrogen-bond acceptors (Lipinski definition) is 9. The quantitative estimate of drug-likeness (QED) is 0.103. The fraction of sp³-hybridized carbons (Fsp3) is 0.381. The number of alkyl halides is 6. The van der Waals surface area contributed by atoms with Gasteiger partial charge in [-0.3, -0.25) is 20.2 Å². The Balaban J connectivity index is 0.000000382. The van der Waals surface area contributed by atoms with Crippen molar-refractivity contribution < 1.29 is 50.5 Å². The number of nitro benzene ring substituents is 2. The highest BCUT2D eigenvalue weighted by Crippen LogP contribution is 2.45. The van der Waals surface area contributed by atoms with Crippen LogP contribution in [0.25, 0.3) is 0 Å². The first-order valence-corrected chi connectivity index (χ1v) is 10.2. The van der Waals surface area contributed by atoms with Crippen molar-refractivity contribution in [1.82, 2.24) is 0 Å². The Hall–Kier alpha value is -4.40. The van der Waals surface area contributed by atoms with Crippen molar-refractivity contribution in [2.75, 3.05) is 5.73 Å². The van der Waals surface area contributed by atoms with Gasteiger partial charge in [0.25, 0.3) is 11.4 Å². The summed E-state index contributed by atoms with van der Waals surface area (Å²) in [6.07, 6.45) is -9.78. The average Bonchev–Trinajstić information content (AvgIpc) is 2.74. The Kier molecular flexibility index (Phi) is 10.2. The van der Waals surface area contributed by atoms with E-state index in [9.17, 15) is 51.4 Å². The molecule has 17 heteroatoms. The molecule has 0 saturated heterocycles. The molecule has 0 radical (unpaired) electrons. The van der Waals surface area contributed by atoms with Gasteiger partial charge in [0, 0.05) is 24.3 Å². The molecular formula is C21H20F6N4O7. The molecule has 2 rings (SSSR count). The molecule has 2 aromatic rings. The van der Waals surface area contributed by atoms with Gasteiger partial charge in [-0.2, -0.15) is 31.3 Å². The summed E-state index contributed by atoms with van der Waals surface area (Å²) in [5, 5.41) is 21.1. The predicted octanol–water partition coefficient (Wildman–Crippen LogP) is 6.35. The molecule has 0 spiro atoms. The number of nitrogen functional groups attached to an aromatic ring is 1. The van der Waals surface area contributed by atoms with Crippen LogP contribution < -0.4 is 15.2 Å². The van der Waals surface area contributed by atoms with Crippen molar-refractivity contribution >= 4 is 28.8 Å². The van der Waals surface area contributed by atoms with E-state index in [1.165, 1.54) is 27.7 Å². The van der Waals surface area contributed by atoms with Crippen LogP contribution in [-0.2, 0) is 17.1 Å². The number of isocyanates is 1. The second-order valence-electron chi connectivity index (χ2n) is 7.80. The molecule has 0 atom stereocenters. The summed E-state index contributed by atoms with van der Waals surface area (Å²) in [4.78, 5) is 32.5. The molecule has 0 aliphatic rings. The fourth-order valence-corrected chi connectivity index (χ4v) is 2.73. The number of non-ortho nitro benzene ring substituents is 2.